The van der Waals surface area contributed by atoms with Gasteiger partial charge < -0.3 is 25.7 Å². The maximum Gasteiger partial charge on any atom is 0.225 e. The van der Waals surface area contributed by atoms with Crippen LogP contribution in [-0.4, -0.2) is 51.6 Å². The van der Waals surface area contributed by atoms with Gasteiger partial charge in [0, 0.05) is 11.7 Å². The number of benzene rings is 1. The summed E-state index contributed by atoms with van der Waals surface area (Å²) in [7, 11) is 0. The molecule has 0 aromatic heterocycles. The van der Waals surface area contributed by atoms with E-state index in [2.05, 4.69) is 10.6 Å². The lowest BCUT2D eigenvalue weighted by Gasteiger charge is -2.41. The van der Waals surface area contributed by atoms with Crippen LogP contribution in [0.4, 0.5) is 5.69 Å². The highest BCUT2D eigenvalue weighted by molar-refractivity contribution is 7.80. The van der Waals surface area contributed by atoms with Crippen molar-refractivity contribution < 1.29 is 15.0 Å². The number of nitrogens with zero attached hydrogens (tertiary/aromatic N) is 1. The predicted octanol–water partition coefficient (Wildman–Crippen LogP) is 0.447. The molecular weight excluding hydrogens is 338 g/mol. The summed E-state index contributed by atoms with van der Waals surface area (Å²) >= 11 is 5.49. The molecule has 25 heavy (non-hydrogen) atoms. The number of hydrogen-bond acceptors (Lipinski definition) is 4. The number of aryl methyl sites for hydroxylation is 1. The summed E-state index contributed by atoms with van der Waals surface area (Å²) in [5, 5.41) is 27.3. The van der Waals surface area contributed by atoms with E-state index in [4.69, 9.17) is 12.2 Å². The first-order chi connectivity index (χ1) is 12.0. The molecular formula is C18H23N3O3S. The van der Waals surface area contributed by atoms with E-state index in [-0.39, 0.29) is 24.4 Å². The molecule has 7 heteroatoms. The highest BCUT2D eigenvalue weighted by Crippen LogP contribution is 2.37. The number of carbonyl (C=O) groups excluding carboxylic acids is 1. The number of amides is 1. The SMILES string of the molecule is Cc1ccc(N2C(=S)NC3C(O)C(O)CC(C(=O)NC4CC4)C32)cc1. The number of aliphatic hydroxyl groups excluding tert-OH is 2. The van der Waals surface area contributed by atoms with Crippen LogP contribution in [0.3, 0.4) is 0 Å². The van der Waals surface area contributed by atoms with Gasteiger partial charge in [-0.1, -0.05) is 17.7 Å². The summed E-state index contributed by atoms with van der Waals surface area (Å²) in [5.41, 5.74) is 2.03. The molecule has 0 spiro atoms. The van der Waals surface area contributed by atoms with Gasteiger partial charge in [0.15, 0.2) is 5.11 Å². The van der Waals surface area contributed by atoms with E-state index in [1.165, 1.54) is 0 Å². The molecule has 4 N–H and O–H groups in total. The lowest BCUT2D eigenvalue weighted by atomic mass is 9.77. The molecule has 0 bridgehead atoms. The fraction of sp³-hybridized carbons (Fsp3) is 0.556. The zero-order valence-corrected chi connectivity index (χ0v) is 14.9. The van der Waals surface area contributed by atoms with Crippen LogP contribution in [-0.2, 0) is 4.79 Å². The van der Waals surface area contributed by atoms with Crippen LogP contribution in [0, 0.1) is 12.8 Å². The number of fused-ring (bicyclic) bond motifs is 1. The van der Waals surface area contributed by atoms with E-state index >= 15 is 0 Å². The highest BCUT2D eigenvalue weighted by atomic mass is 32.1. The van der Waals surface area contributed by atoms with Gasteiger partial charge in [0.1, 0.15) is 6.10 Å². The number of anilines is 1. The third kappa shape index (κ3) is 3.01. The molecule has 5 atom stereocenters. The number of nitrogens with one attached hydrogen (secondary N) is 2. The average Bonchev–Trinajstić information content (AvgIpc) is 3.32. The van der Waals surface area contributed by atoms with Crippen LogP contribution >= 0.6 is 12.2 Å². The van der Waals surface area contributed by atoms with Crippen molar-refractivity contribution in [3.8, 4) is 0 Å². The van der Waals surface area contributed by atoms with Gasteiger partial charge in [0.05, 0.1) is 24.1 Å². The molecule has 5 unspecified atom stereocenters. The van der Waals surface area contributed by atoms with Crippen molar-refractivity contribution in [2.75, 3.05) is 4.90 Å². The monoisotopic (exact) mass is 361 g/mol. The Bertz CT molecular complexity index is 691. The zero-order chi connectivity index (χ0) is 17.7. The predicted molar refractivity (Wildman–Crippen MR) is 98.3 cm³/mol. The first kappa shape index (κ1) is 16.8. The van der Waals surface area contributed by atoms with Crippen molar-refractivity contribution in [2.24, 2.45) is 5.92 Å². The lowest BCUT2D eigenvalue weighted by molar-refractivity contribution is -0.131. The number of aliphatic hydroxyl groups is 2. The second kappa shape index (κ2) is 6.23. The fourth-order valence-corrected chi connectivity index (χ4v) is 4.25. The summed E-state index contributed by atoms with van der Waals surface area (Å²) in [6.07, 6.45) is 0.354. The normalized spacial score (nSPS) is 34.4. The molecule has 6 nitrogen and oxygen atoms in total. The van der Waals surface area contributed by atoms with Crippen LogP contribution in [0.25, 0.3) is 0 Å². The standard InChI is InChI=1S/C18H23N3O3S/c1-9-2-6-11(7-3-9)21-15-12(17(24)19-10-4-5-10)8-13(22)16(23)14(15)20-18(21)25/h2-3,6-7,10,12-16,22-23H,4-5,8H2,1H3,(H,19,24)(H,20,25). The van der Waals surface area contributed by atoms with Crippen molar-refractivity contribution in [1.29, 1.82) is 0 Å². The van der Waals surface area contributed by atoms with Crippen LogP contribution in [0.1, 0.15) is 24.8 Å². The van der Waals surface area contributed by atoms with E-state index in [0.717, 1.165) is 24.1 Å². The van der Waals surface area contributed by atoms with E-state index in [1.54, 1.807) is 0 Å². The van der Waals surface area contributed by atoms with Crippen LogP contribution in [0.2, 0.25) is 0 Å². The van der Waals surface area contributed by atoms with Gasteiger partial charge >= 0.3 is 0 Å². The molecule has 1 saturated heterocycles. The second-order valence-corrected chi connectivity index (χ2v) is 7.74. The third-order valence-electron chi connectivity index (χ3n) is 5.42. The van der Waals surface area contributed by atoms with Crippen molar-refractivity contribution in [3.05, 3.63) is 29.8 Å². The molecule has 1 heterocycles. The number of rotatable bonds is 3. The third-order valence-corrected chi connectivity index (χ3v) is 5.73. The molecule has 3 aliphatic rings. The Labute approximate surface area is 152 Å². The highest BCUT2D eigenvalue weighted by Gasteiger charge is 2.54. The molecule has 1 amide bonds. The van der Waals surface area contributed by atoms with Crippen LogP contribution in [0.15, 0.2) is 24.3 Å². The molecule has 1 aromatic carbocycles. The number of hydrogen-bond donors (Lipinski definition) is 4. The molecule has 2 aliphatic carbocycles. The Hall–Kier alpha value is -1.70. The largest absolute Gasteiger partial charge is 0.390 e. The second-order valence-electron chi connectivity index (χ2n) is 7.35. The number of thiocarbonyl (C=S) groups is 1. The summed E-state index contributed by atoms with van der Waals surface area (Å²) in [4.78, 5) is 14.7. The molecule has 1 aliphatic heterocycles. The quantitative estimate of drug-likeness (QED) is 0.585. The molecule has 3 fully saturated rings. The van der Waals surface area contributed by atoms with Crippen molar-refractivity contribution in [2.45, 2.75) is 56.5 Å². The van der Waals surface area contributed by atoms with E-state index < -0.39 is 24.2 Å². The summed E-state index contributed by atoms with van der Waals surface area (Å²) in [6.45, 7) is 2.01. The summed E-state index contributed by atoms with van der Waals surface area (Å²) in [6, 6.07) is 7.42. The van der Waals surface area contributed by atoms with E-state index in [1.807, 2.05) is 36.1 Å². The van der Waals surface area contributed by atoms with Crippen LogP contribution < -0.4 is 15.5 Å². The Balaban J connectivity index is 1.68. The van der Waals surface area contributed by atoms with Gasteiger partial charge in [-0.2, -0.15) is 0 Å². The minimum atomic E-state index is -0.955. The Morgan fingerprint density at radius 1 is 1.28 bits per heavy atom. The Morgan fingerprint density at radius 3 is 2.60 bits per heavy atom. The zero-order valence-electron chi connectivity index (χ0n) is 14.1. The van der Waals surface area contributed by atoms with E-state index in [0.29, 0.717) is 5.11 Å². The van der Waals surface area contributed by atoms with Gasteiger partial charge in [-0.05, 0) is 50.5 Å². The minimum Gasteiger partial charge on any atom is -0.390 e. The first-order valence-electron chi connectivity index (χ1n) is 8.78. The van der Waals surface area contributed by atoms with Gasteiger partial charge in [-0.15, -0.1) is 0 Å². The van der Waals surface area contributed by atoms with Crippen molar-refractivity contribution in [3.63, 3.8) is 0 Å². The van der Waals surface area contributed by atoms with Gasteiger partial charge in [0.25, 0.3) is 0 Å². The molecule has 4 rings (SSSR count). The molecule has 2 saturated carbocycles. The van der Waals surface area contributed by atoms with Crippen molar-refractivity contribution >= 4 is 28.9 Å². The first-order valence-corrected chi connectivity index (χ1v) is 9.19. The minimum absolute atomic E-state index is 0.0629. The average molecular weight is 361 g/mol. The topological polar surface area (TPSA) is 84.8 Å². The maximum absolute atomic E-state index is 12.8. The number of carbonyl (C=O) groups is 1. The Morgan fingerprint density at radius 2 is 1.96 bits per heavy atom. The Kier molecular flexibility index (Phi) is 4.17. The van der Waals surface area contributed by atoms with Gasteiger partial charge in [-0.25, -0.2) is 0 Å². The van der Waals surface area contributed by atoms with Crippen LogP contribution in [0.5, 0.6) is 0 Å². The fourth-order valence-electron chi connectivity index (χ4n) is 3.88. The summed E-state index contributed by atoms with van der Waals surface area (Å²) in [5.74, 6) is -0.495. The molecule has 134 valence electrons. The smallest absolute Gasteiger partial charge is 0.225 e. The van der Waals surface area contributed by atoms with Crippen molar-refractivity contribution in [1.82, 2.24) is 10.6 Å². The lowest BCUT2D eigenvalue weighted by Crippen LogP contribution is -2.61. The summed E-state index contributed by atoms with van der Waals surface area (Å²) < 4.78 is 0. The molecule has 1 aromatic rings. The van der Waals surface area contributed by atoms with E-state index in [9.17, 15) is 15.0 Å². The van der Waals surface area contributed by atoms with Gasteiger partial charge in [0.2, 0.25) is 5.91 Å². The molecule has 0 radical (unpaired) electrons. The maximum atomic E-state index is 12.8. The van der Waals surface area contributed by atoms with Gasteiger partial charge in [-0.3, -0.25) is 4.79 Å².